The van der Waals surface area contributed by atoms with Crippen molar-refractivity contribution in [2.75, 3.05) is 5.32 Å². The molecule has 1 amide bonds. The number of halogens is 2. The van der Waals surface area contributed by atoms with Crippen LogP contribution in [0.25, 0.3) is 0 Å². The number of hydrogen-bond acceptors (Lipinski definition) is 4. The smallest absolute Gasteiger partial charge is 0.282 e. The van der Waals surface area contributed by atoms with Crippen molar-refractivity contribution in [2.45, 2.75) is 46.8 Å². The third kappa shape index (κ3) is 4.21. The molecule has 0 radical (unpaired) electrons. The summed E-state index contributed by atoms with van der Waals surface area (Å²) in [6.07, 6.45) is 2.39. The minimum absolute atomic E-state index is 0.147. The summed E-state index contributed by atoms with van der Waals surface area (Å²) in [5, 5.41) is 15.0. The third-order valence-corrected chi connectivity index (χ3v) is 4.27. The Labute approximate surface area is 154 Å². The zero-order valence-electron chi connectivity index (χ0n) is 15.4. The zero-order chi connectivity index (χ0) is 19.6. The van der Waals surface area contributed by atoms with Crippen LogP contribution in [0.4, 0.5) is 14.5 Å². The molecule has 0 spiro atoms. The van der Waals surface area contributed by atoms with Crippen LogP contribution >= 0.6 is 0 Å². The minimum atomic E-state index is -2.66. The molecular weight excluding hydrogens is 356 g/mol. The highest BCUT2D eigenvalue weighted by atomic mass is 19.3. The summed E-state index contributed by atoms with van der Waals surface area (Å²) < 4.78 is 30.2. The lowest BCUT2D eigenvalue weighted by molar-refractivity contribution is -0.117. The Morgan fingerprint density at radius 1 is 1.22 bits per heavy atom. The van der Waals surface area contributed by atoms with E-state index in [2.05, 4.69) is 20.6 Å². The van der Waals surface area contributed by atoms with E-state index in [1.54, 1.807) is 24.0 Å². The first kappa shape index (κ1) is 18.7. The molecule has 3 rings (SSSR count). The molecule has 3 heterocycles. The van der Waals surface area contributed by atoms with Gasteiger partial charge in [0, 0.05) is 29.7 Å². The maximum atomic E-state index is 12.7. The standard InChI is InChI=1S/C17H21F2N7O/c1-4-25-12(3)13(6-21-25)8-24-9-14(7-20-24)22-16(27)10-26-11(2)5-15(23-26)17(18)19/h5-7,9,17H,4,8,10H2,1-3H3,(H,22,27). The topological polar surface area (TPSA) is 82.6 Å². The number of hydrogen-bond donors (Lipinski definition) is 1. The first-order valence-electron chi connectivity index (χ1n) is 8.53. The largest absolute Gasteiger partial charge is 0.322 e. The van der Waals surface area contributed by atoms with Crippen LogP contribution in [-0.2, 0) is 24.4 Å². The second-order valence-electron chi connectivity index (χ2n) is 6.21. The van der Waals surface area contributed by atoms with Crippen molar-refractivity contribution < 1.29 is 13.6 Å². The number of carbonyl (C=O) groups is 1. The Balaban J connectivity index is 1.61. The van der Waals surface area contributed by atoms with Gasteiger partial charge in [-0.2, -0.15) is 15.3 Å². The fraction of sp³-hybridized carbons (Fsp3) is 0.412. The second kappa shape index (κ2) is 7.68. The van der Waals surface area contributed by atoms with Gasteiger partial charge in [0.25, 0.3) is 6.43 Å². The maximum Gasteiger partial charge on any atom is 0.282 e. The van der Waals surface area contributed by atoms with Gasteiger partial charge in [-0.1, -0.05) is 0 Å². The minimum Gasteiger partial charge on any atom is -0.322 e. The second-order valence-corrected chi connectivity index (χ2v) is 6.21. The summed E-state index contributed by atoms with van der Waals surface area (Å²) >= 11 is 0. The molecule has 0 aliphatic rings. The van der Waals surface area contributed by atoms with Gasteiger partial charge in [0.2, 0.25) is 5.91 Å². The molecule has 8 nitrogen and oxygen atoms in total. The van der Waals surface area contributed by atoms with Crippen molar-refractivity contribution >= 4 is 11.6 Å². The molecule has 0 fully saturated rings. The van der Waals surface area contributed by atoms with E-state index < -0.39 is 6.43 Å². The lowest BCUT2D eigenvalue weighted by Crippen LogP contribution is -2.20. The van der Waals surface area contributed by atoms with Crippen molar-refractivity contribution in [3.8, 4) is 0 Å². The van der Waals surface area contributed by atoms with Crippen LogP contribution in [0, 0.1) is 13.8 Å². The van der Waals surface area contributed by atoms with Crippen molar-refractivity contribution in [1.82, 2.24) is 29.3 Å². The highest BCUT2D eigenvalue weighted by molar-refractivity contribution is 5.90. The number of anilines is 1. The summed E-state index contributed by atoms with van der Waals surface area (Å²) in [6, 6.07) is 1.27. The summed E-state index contributed by atoms with van der Waals surface area (Å²) in [5.41, 5.74) is 2.81. The summed E-state index contributed by atoms with van der Waals surface area (Å²) in [7, 11) is 0. The maximum absolute atomic E-state index is 12.7. The van der Waals surface area contributed by atoms with Crippen molar-refractivity contribution in [2.24, 2.45) is 0 Å². The highest BCUT2D eigenvalue weighted by Crippen LogP contribution is 2.18. The average molecular weight is 377 g/mol. The monoisotopic (exact) mass is 377 g/mol. The molecule has 0 aliphatic heterocycles. The molecule has 3 aromatic heterocycles. The quantitative estimate of drug-likeness (QED) is 0.686. The lowest BCUT2D eigenvalue weighted by atomic mass is 10.2. The molecule has 0 unspecified atom stereocenters. The Bertz CT molecular complexity index is 941. The predicted octanol–water partition coefficient (Wildman–Crippen LogP) is 2.54. The van der Waals surface area contributed by atoms with Crippen LogP contribution in [0.15, 0.2) is 24.7 Å². The van der Waals surface area contributed by atoms with Crippen molar-refractivity contribution in [3.63, 3.8) is 0 Å². The van der Waals surface area contributed by atoms with Crippen LogP contribution in [0.3, 0.4) is 0 Å². The normalized spacial score (nSPS) is 11.3. The molecule has 0 saturated carbocycles. The first-order chi connectivity index (χ1) is 12.9. The Hall–Kier alpha value is -3.04. The lowest BCUT2D eigenvalue weighted by Gasteiger charge is -2.05. The van der Waals surface area contributed by atoms with E-state index in [1.807, 2.05) is 18.5 Å². The number of amides is 1. The molecule has 0 bridgehead atoms. The van der Waals surface area contributed by atoms with Gasteiger partial charge in [-0.25, -0.2) is 8.78 Å². The fourth-order valence-electron chi connectivity index (χ4n) is 2.79. The van der Waals surface area contributed by atoms with Gasteiger partial charge in [0.05, 0.1) is 24.6 Å². The number of aromatic nitrogens is 6. The van der Waals surface area contributed by atoms with E-state index >= 15 is 0 Å². The van der Waals surface area contributed by atoms with E-state index in [0.29, 0.717) is 17.9 Å². The van der Waals surface area contributed by atoms with Crippen molar-refractivity contribution in [1.29, 1.82) is 0 Å². The van der Waals surface area contributed by atoms with Crippen LogP contribution in [-0.4, -0.2) is 35.2 Å². The molecule has 144 valence electrons. The van der Waals surface area contributed by atoms with Gasteiger partial charge in [-0.15, -0.1) is 0 Å². The first-order valence-corrected chi connectivity index (χ1v) is 8.53. The molecular formula is C17H21F2N7O. The third-order valence-electron chi connectivity index (χ3n) is 4.27. The molecule has 3 aromatic rings. The van der Waals surface area contributed by atoms with E-state index in [-0.39, 0.29) is 18.1 Å². The highest BCUT2D eigenvalue weighted by Gasteiger charge is 2.15. The van der Waals surface area contributed by atoms with Gasteiger partial charge in [0.15, 0.2) is 0 Å². The van der Waals surface area contributed by atoms with Gasteiger partial charge < -0.3 is 5.32 Å². The number of aryl methyl sites for hydroxylation is 2. The molecule has 0 aliphatic carbocycles. The van der Waals surface area contributed by atoms with Crippen LogP contribution in [0.1, 0.15) is 36.0 Å². The van der Waals surface area contributed by atoms with Gasteiger partial charge in [0.1, 0.15) is 12.2 Å². The van der Waals surface area contributed by atoms with E-state index in [1.165, 1.54) is 16.9 Å². The predicted molar refractivity (Wildman–Crippen MR) is 94.5 cm³/mol. The van der Waals surface area contributed by atoms with E-state index in [9.17, 15) is 13.6 Å². The van der Waals surface area contributed by atoms with E-state index in [4.69, 9.17) is 0 Å². The van der Waals surface area contributed by atoms with Gasteiger partial charge in [-0.3, -0.25) is 18.8 Å². The number of alkyl halides is 2. The van der Waals surface area contributed by atoms with Crippen LogP contribution < -0.4 is 5.32 Å². The molecule has 10 heteroatoms. The Morgan fingerprint density at radius 3 is 2.63 bits per heavy atom. The number of carbonyl (C=O) groups excluding carboxylic acids is 1. The van der Waals surface area contributed by atoms with Gasteiger partial charge in [-0.05, 0) is 26.8 Å². The Kier molecular flexibility index (Phi) is 5.33. The summed E-state index contributed by atoms with van der Waals surface area (Å²) in [5.74, 6) is -0.364. The fourth-order valence-corrected chi connectivity index (χ4v) is 2.79. The average Bonchev–Trinajstić information content (AvgIpc) is 3.30. The molecule has 0 atom stereocenters. The SMILES string of the molecule is CCn1ncc(Cn2cc(NC(=O)Cn3nc(C(F)F)cc3C)cn2)c1C. The van der Waals surface area contributed by atoms with Crippen LogP contribution in [0.5, 0.6) is 0 Å². The summed E-state index contributed by atoms with van der Waals surface area (Å²) in [4.78, 5) is 12.2. The van der Waals surface area contributed by atoms with Gasteiger partial charge >= 0.3 is 0 Å². The number of nitrogens with zero attached hydrogens (tertiary/aromatic N) is 6. The molecule has 0 aromatic carbocycles. The Morgan fingerprint density at radius 2 is 2.00 bits per heavy atom. The van der Waals surface area contributed by atoms with E-state index in [0.717, 1.165) is 17.8 Å². The van der Waals surface area contributed by atoms with Crippen LogP contribution in [0.2, 0.25) is 0 Å². The number of rotatable bonds is 7. The molecule has 0 saturated heterocycles. The summed E-state index contributed by atoms with van der Waals surface area (Å²) in [6.45, 7) is 6.84. The molecule has 1 N–H and O–H groups in total. The molecule has 27 heavy (non-hydrogen) atoms. The number of nitrogens with one attached hydrogen (secondary N) is 1. The van der Waals surface area contributed by atoms with Crippen molar-refractivity contribution in [3.05, 3.63) is 47.3 Å². The zero-order valence-corrected chi connectivity index (χ0v) is 15.4.